The monoisotopic (exact) mass is 305 g/mol. The molecule has 5 nitrogen and oxygen atoms in total. The van der Waals surface area contributed by atoms with Gasteiger partial charge in [-0.1, -0.05) is 13.8 Å². The molecule has 3 heterocycles. The second kappa shape index (κ2) is 6.44. The van der Waals surface area contributed by atoms with Crippen LogP contribution in [0.25, 0.3) is 0 Å². The molecule has 2 aromatic heterocycles. The van der Waals surface area contributed by atoms with Crippen LogP contribution in [0.3, 0.4) is 0 Å². The zero-order valence-electron chi connectivity index (χ0n) is 12.9. The van der Waals surface area contributed by atoms with E-state index in [0.29, 0.717) is 37.7 Å². The van der Waals surface area contributed by atoms with Crippen molar-refractivity contribution >= 4 is 5.82 Å². The summed E-state index contributed by atoms with van der Waals surface area (Å²) in [5, 5.41) is 0. The Morgan fingerprint density at radius 3 is 2.86 bits per heavy atom. The smallest absolute Gasteiger partial charge is 0.187 e. The Bertz CT molecular complexity index is 644. The van der Waals surface area contributed by atoms with Gasteiger partial charge >= 0.3 is 0 Å². The zero-order valence-corrected chi connectivity index (χ0v) is 12.9. The van der Waals surface area contributed by atoms with E-state index >= 15 is 0 Å². The number of ether oxygens (including phenoxy) is 1. The summed E-state index contributed by atoms with van der Waals surface area (Å²) < 4.78 is 26.0. The van der Waals surface area contributed by atoms with Gasteiger partial charge in [0.15, 0.2) is 11.6 Å². The minimum absolute atomic E-state index is 0.164. The molecule has 0 radical (unpaired) electrons. The Morgan fingerprint density at radius 1 is 1.27 bits per heavy atom. The molecule has 0 saturated carbocycles. The summed E-state index contributed by atoms with van der Waals surface area (Å²) in [6.45, 7) is 5.50. The second-order valence-corrected chi connectivity index (χ2v) is 5.25. The van der Waals surface area contributed by atoms with E-state index in [2.05, 4.69) is 9.97 Å². The number of morpholine rings is 1. The Morgan fingerprint density at radius 2 is 2.14 bits per heavy atom. The molecule has 0 aromatic carbocycles. The van der Waals surface area contributed by atoms with Crippen molar-refractivity contribution in [3.8, 4) is 0 Å². The van der Waals surface area contributed by atoms with Gasteiger partial charge in [-0.15, -0.1) is 0 Å². The fraction of sp³-hybridized carbons (Fsp3) is 0.500. The molecule has 2 aromatic rings. The van der Waals surface area contributed by atoms with Crippen LogP contribution in [-0.2, 0) is 17.6 Å². The van der Waals surface area contributed by atoms with E-state index in [1.165, 1.54) is 6.33 Å². The molecule has 3 rings (SSSR count). The van der Waals surface area contributed by atoms with E-state index in [-0.39, 0.29) is 11.9 Å². The van der Waals surface area contributed by atoms with E-state index in [1.807, 2.05) is 30.9 Å². The van der Waals surface area contributed by atoms with Crippen LogP contribution in [0.4, 0.5) is 10.2 Å². The summed E-state index contributed by atoms with van der Waals surface area (Å²) in [5.74, 6) is 1.68. The summed E-state index contributed by atoms with van der Waals surface area (Å²) in [6, 6.07) is 3.73. The Labute approximate surface area is 129 Å². The van der Waals surface area contributed by atoms with E-state index in [9.17, 15) is 4.39 Å². The van der Waals surface area contributed by atoms with Crippen molar-refractivity contribution in [3.05, 3.63) is 41.5 Å². The molecule has 1 saturated heterocycles. The average molecular weight is 305 g/mol. The highest BCUT2D eigenvalue weighted by atomic mass is 19.1. The standard InChI is InChI=1S/C16H20FN3O2/c1-3-11-5-6-14(22-11)13-9-21-8-7-20(13)16-15(17)12(4-2)18-10-19-16/h5-6,10,13H,3-4,7-9H2,1-2H3. The highest BCUT2D eigenvalue weighted by molar-refractivity contribution is 5.44. The van der Waals surface area contributed by atoms with Gasteiger partial charge in [-0.25, -0.2) is 14.4 Å². The Kier molecular flexibility index (Phi) is 4.38. The maximum absolute atomic E-state index is 14.6. The molecule has 22 heavy (non-hydrogen) atoms. The molecule has 1 fully saturated rings. The normalized spacial score (nSPS) is 18.7. The van der Waals surface area contributed by atoms with Crippen molar-refractivity contribution in [1.82, 2.24) is 9.97 Å². The van der Waals surface area contributed by atoms with Crippen LogP contribution >= 0.6 is 0 Å². The van der Waals surface area contributed by atoms with Gasteiger partial charge in [-0.3, -0.25) is 0 Å². The summed E-state index contributed by atoms with van der Waals surface area (Å²) in [4.78, 5) is 10.1. The van der Waals surface area contributed by atoms with Crippen LogP contribution in [0.1, 0.15) is 37.1 Å². The van der Waals surface area contributed by atoms with Gasteiger partial charge in [0, 0.05) is 13.0 Å². The number of hydrogen-bond acceptors (Lipinski definition) is 5. The van der Waals surface area contributed by atoms with Gasteiger partial charge in [0.1, 0.15) is 23.9 Å². The minimum atomic E-state index is -0.348. The molecule has 1 atom stereocenters. The molecule has 0 amide bonds. The molecular formula is C16H20FN3O2. The third kappa shape index (κ3) is 2.70. The van der Waals surface area contributed by atoms with Gasteiger partial charge in [0.2, 0.25) is 0 Å². The number of rotatable bonds is 4. The van der Waals surface area contributed by atoms with E-state index in [0.717, 1.165) is 17.9 Å². The van der Waals surface area contributed by atoms with Crippen LogP contribution in [0.5, 0.6) is 0 Å². The van der Waals surface area contributed by atoms with Gasteiger partial charge in [0.25, 0.3) is 0 Å². The fourth-order valence-electron chi connectivity index (χ4n) is 2.70. The highest BCUT2D eigenvalue weighted by Gasteiger charge is 2.30. The summed E-state index contributed by atoms with van der Waals surface area (Å²) >= 11 is 0. The second-order valence-electron chi connectivity index (χ2n) is 5.25. The number of furan rings is 1. The number of aromatic nitrogens is 2. The van der Waals surface area contributed by atoms with E-state index in [4.69, 9.17) is 9.15 Å². The molecule has 1 aliphatic rings. The molecule has 1 unspecified atom stereocenters. The maximum Gasteiger partial charge on any atom is 0.187 e. The van der Waals surface area contributed by atoms with E-state index in [1.54, 1.807) is 0 Å². The largest absolute Gasteiger partial charge is 0.464 e. The quantitative estimate of drug-likeness (QED) is 0.869. The van der Waals surface area contributed by atoms with Gasteiger partial charge in [0.05, 0.1) is 18.9 Å². The molecular weight excluding hydrogens is 285 g/mol. The average Bonchev–Trinajstić information content (AvgIpc) is 3.04. The third-order valence-electron chi connectivity index (χ3n) is 3.94. The lowest BCUT2D eigenvalue weighted by Crippen LogP contribution is -2.40. The minimum Gasteiger partial charge on any atom is -0.464 e. The first kappa shape index (κ1) is 15.0. The van der Waals surface area contributed by atoms with E-state index < -0.39 is 0 Å². The van der Waals surface area contributed by atoms with Crippen molar-refractivity contribution in [1.29, 1.82) is 0 Å². The summed E-state index contributed by atoms with van der Waals surface area (Å²) in [6.07, 6.45) is 2.79. The van der Waals surface area contributed by atoms with Crippen molar-refractivity contribution < 1.29 is 13.5 Å². The number of hydrogen-bond donors (Lipinski definition) is 0. The van der Waals surface area contributed by atoms with Crippen molar-refractivity contribution in [2.24, 2.45) is 0 Å². The van der Waals surface area contributed by atoms with Crippen LogP contribution in [-0.4, -0.2) is 29.7 Å². The van der Waals surface area contributed by atoms with Gasteiger partial charge < -0.3 is 14.1 Å². The first-order valence-corrected chi connectivity index (χ1v) is 7.67. The molecule has 6 heteroatoms. The fourth-order valence-corrected chi connectivity index (χ4v) is 2.70. The first-order valence-electron chi connectivity index (χ1n) is 7.67. The zero-order chi connectivity index (χ0) is 15.5. The number of nitrogens with zero attached hydrogens (tertiary/aromatic N) is 3. The molecule has 0 spiro atoms. The SMILES string of the molecule is CCc1ccc(C2COCCN2c2ncnc(CC)c2F)o1. The number of halogens is 1. The van der Waals surface area contributed by atoms with Crippen LogP contribution in [0.15, 0.2) is 22.9 Å². The lowest BCUT2D eigenvalue weighted by Gasteiger charge is -2.35. The summed E-state index contributed by atoms with van der Waals surface area (Å²) in [7, 11) is 0. The molecule has 118 valence electrons. The van der Waals surface area contributed by atoms with Crippen LogP contribution in [0, 0.1) is 5.82 Å². The lowest BCUT2D eigenvalue weighted by atomic mass is 10.1. The Hall–Kier alpha value is -1.95. The Balaban J connectivity index is 1.96. The highest BCUT2D eigenvalue weighted by Crippen LogP contribution is 2.31. The van der Waals surface area contributed by atoms with Gasteiger partial charge in [-0.2, -0.15) is 0 Å². The molecule has 0 bridgehead atoms. The van der Waals surface area contributed by atoms with Gasteiger partial charge in [-0.05, 0) is 18.6 Å². The number of anilines is 1. The predicted octanol–water partition coefficient (Wildman–Crippen LogP) is 2.91. The number of aryl methyl sites for hydroxylation is 2. The lowest BCUT2D eigenvalue weighted by molar-refractivity contribution is 0.0864. The van der Waals surface area contributed by atoms with Crippen LogP contribution in [0.2, 0.25) is 0 Å². The maximum atomic E-state index is 14.6. The third-order valence-corrected chi connectivity index (χ3v) is 3.94. The first-order chi connectivity index (χ1) is 10.7. The predicted molar refractivity (Wildman–Crippen MR) is 80.4 cm³/mol. The topological polar surface area (TPSA) is 51.4 Å². The van der Waals surface area contributed by atoms with Crippen molar-refractivity contribution in [3.63, 3.8) is 0 Å². The van der Waals surface area contributed by atoms with Crippen molar-refractivity contribution in [2.75, 3.05) is 24.7 Å². The van der Waals surface area contributed by atoms with Crippen molar-refractivity contribution in [2.45, 2.75) is 32.7 Å². The molecule has 0 aliphatic carbocycles. The summed E-state index contributed by atoms with van der Waals surface area (Å²) in [5.41, 5.74) is 0.434. The van der Waals surface area contributed by atoms with Crippen LogP contribution < -0.4 is 4.90 Å². The molecule has 1 aliphatic heterocycles. The molecule has 0 N–H and O–H groups in total.